The lowest BCUT2D eigenvalue weighted by molar-refractivity contribution is 0.886. The number of rotatable bonds is 2. The van der Waals surface area contributed by atoms with Crippen molar-refractivity contribution in [2.45, 2.75) is 32.1 Å². The quantitative estimate of drug-likeness (QED) is 0.558. The van der Waals surface area contributed by atoms with Crippen LogP contribution in [0.4, 0.5) is 5.69 Å². The molecule has 0 radical (unpaired) electrons. The van der Waals surface area contributed by atoms with Gasteiger partial charge in [-0.1, -0.05) is 29.8 Å². The van der Waals surface area contributed by atoms with E-state index in [0.29, 0.717) is 0 Å². The van der Waals surface area contributed by atoms with Crippen LogP contribution in [0, 0.1) is 0 Å². The number of para-hydroxylation sites is 1. The summed E-state index contributed by atoms with van der Waals surface area (Å²) in [5.74, 6) is 0. The maximum atomic E-state index is 5.88. The zero-order chi connectivity index (χ0) is 9.80. The summed E-state index contributed by atoms with van der Waals surface area (Å²) in [4.78, 5) is 0. The van der Waals surface area contributed by atoms with Gasteiger partial charge in [0.2, 0.25) is 0 Å². The lowest BCUT2D eigenvalue weighted by Gasteiger charge is -2.02. The van der Waals surface area contributed by atoms with Gasteiger partial charge in [0.1, 0.15) is 0 Å². The Labute approximate surface area is 85.6 Å². The van der Waals surface area contributed by atoms with E-state index in [-0.39, 0.29) is 0 Å². The fourth-order valence-electron chi connectivity index (χ4n) is 2.01. The van der Waals surface area contributed by atoms with Gasteiger partial charge in [0, 0.05) is 5.69 Å². The summed E-state index contributed by atoms with van der Waals surface area (Å²) in [6, 6.07) is 8.13. The maximum absolute atomic E-state index is 5.88. The standard InChI is InChI=1S/C13H17N/c14-13-8-4-3-7-12(13)10-9-11-5-1-2-6-11/h3-4,7-9H,1-2,5-6,10,14H2. The van der Waals surface area contributed by atoms with Crippen LogP contribution in [0.1, 0.15) is 31.2 Å². The van der Waals surface area contributed by atoms with Crippen LogP contribution < -0.4 is 5.73 Å². The van der Waals surface area contributed by atoms with Gasteiger partial charge in [0.15, 0.2) is 0 Å². The van der Waals surface area contributed by atoms with E-state index in [9.17, 15) is 0 Å². The predicted octanol–water partition coefficient (Wildman–Crippen LogP) is 3.31. The van der Waals surface area contributed by atoms with Crippen molar-refractivity contribution in [3.05, 3.63) is 41.5 Å². The molecule has 0 bridgehead atoms. The number of allylic oxidation sites excluding steroid dienone is 2. The summed E-state index contributed by atoms with van der Waals surface area (Å²) in [6.07, 6.45) is 8.70. The topological polar surface area (TPSA) is 26.0 Å². The minimum Gasteiger partial charge on any atom is -0.398 e. The van der Waals surface area contributed by atoms with Crippen molar-refractivity contribution in [2.75, 3.05) is 5.73 Å². The molecule has 0 aromatic heterocycles. The molecule has 1 fully saturated rings. The smallest absolute Gasteiger partial charge is 0.0349 e. The largest absolute Gasteiger partial charge is 0.398 e. The van der Waals surface area contributed by atoms with Crippen molar-refractivity contribution in [2.24, 2.45) is 0 Å². The molecule has 0 aliphatic heterocycles. The first-order valence-electron chi connectivity index (χ1n) is 5.37. The second-order valence-corrected chi connectivity index (χ2v) is 3.97. The molecule has 0 atom stereocenters. The highest BCUT2D eigenvalue weighted by Crippen LogP contribution is 2.24. The first-order chi connectivity index (χ1) is 6.86. The van der Waals surface area contributed by atoms with Crippen molar-refractivity contribution in [1.29, 1.82) is 0 Å². The summed E-state index contributed by atoms with van der Waals surface area (Å²) in [5, 5.41) is 0. The number of benzene rings is 1. The van der Waals surface area contributed by atoms with Gasteiger partial charge in [-0.15, -0.1) is 0 Å². The second-order valence-electron chi connectivity index (χ2n) is 3.97. The molecular weight excluding hydrogens is 170 g/mol. The van der Waals surface area contributed by atoms with E-state index in [0.717, 1.165) is 12.1 Å². The number of hydrogen-bond acceptors (Lipinski definition) is 1. The summed E-state index contributed by atoms with van der Waals surface area (Å²) in [5.41, 5.74) is 9.67. The monoisotopic (exact) mass is 187 g/mol. The lowest BCUT2D eigenvalue weighted by atomic mass is 10.1. The molecule has 1 aromatic carbocycles. The van der Waals surface area contributed by atoms with Gasteiger partial charge in [-0.2, -0.15) is 0 Å². The Bertz CT molecular complexity index is 331. The SMILES string of the molecule is Nc1ccccc1CC=C1CCCC1. The number of hydrogen-bond donors (Lipinski definition) is 1. The van der Waals surface area contributed by atoms with Crippen LogP contribution in [-0.2, 0) is 6.42 Å². The van der Waals surface area contributed by atoms with E-state index in [1.165, 1.54) is 31.2 Å². The van der Waals surface area contributed by atoms with Crippen LogP contribution in [0.3, 0.4) is 0 Å². The Morgan fingerprint density at radius 3 is 2.57 bits per heavy atom. The van der Waals surface area contributed by atoms with E-state index in [2.05, 4.69) is 18.2 Å². The zero-order valence-corrected chi connectivity index (χ0v) is 8.50. The van der Waals surface area contributed by atoms with Crippen molar-refractivity contribution in [3.8, 4) is 0 Å². The molecule has 0 unspecified atom stereocenters. The Morgan fingerprint density at radius 2 is 1.86 bits per heavy atom. The first kappa shape index (κ1) is 9.32. The first-order valence-corrected chi connectivity index (χ1v) is 5.37. The summed E-state index contributed by atoms with van der Waals surface area (Å²) in [7, 11) is 0. The highest BCUT2D eigenvalue weighted by molar-refractivity contribution is 5.47. The van der Waals surface area contributed by atoms with Gasteiger partial charge in [-0.05, 0) is 43.7 Å². The van der Waals surface area contributed by atoms with Crippen LogP contribution in [0.25, 0.3) is 0 Å². The molecule has 1 aromatic rings. The number of nitrogen functional groups attached to an aromatic ring is 1. The van der Waals surface area contributed by atoms with Crippen molar-refractivity contribution in [1.82, 2.24) is 0 Å². The van der Waals surface area contributed by atoms with Crippen molar-refractivity contribution >= 4 is 5.69 Å². The molecule has 74 valence electrons. The summed E-state index contributed by atoms with van der Waals surface area (Å²) in [6.45, 7) is 0. The van der Waals surface area contributed by atoms with Gasteiger partial charge in [0.25, 0.3) is 0 Å². The molecule has 1 saturated carbocycles. The molecule has 2 N–H and O–H groups in total. The van der Waals surface area contributed by atoms with Gasteiger partial charge in [-0.25, -0.2) is 0 Å². The third-order valence-corrected chi connectivity index (χ3v) is 2.91. The Balaban J connectivity index is 2.04. The molecule has 1 aliphatic carbocycles. The van der Waals surface area contributed by atoms with E-state index in [1.54, 1.807) is 5.57 Å². The van der Waals surface area contributed by atoms with Gasteiger partial charge in [-0.3, -0.25) is 0 Å². The molecule has 1 aliphatic rings. The Hall–Kier alpha value is -1.24. The third kappa shape index (κ3) is 2.16. The average molecular weight is 187 g/mol. The minimum atomic E-state index is 0.919. The van der Waals surface area contributed by atoms with Crippen LogP contribution in [0.2, 0.25) is 0 Å². The van der Waals surface area contributed by atoms with Crippen LogP contribution in [0.5, 0.6) is 0 Å². The zero-order valence-electron chi connectivity index (χ0n) is 8.50. The summed E-state index contributed by atoms with van der Waals surface area (Å²) >= 11 is 0. The average Bonchev–Trinajstić information content (AvgIpc) is 2.69. The fourth-order valence-corrected chi connectivity index (χ4v) is 2.01. The highest BCUT2D eigenvalue weighted by Gasteiger charge is 2.05. The van der Waals surface area contributed by atoms with Crippen LogP contribution in [0.15, 0.2) is 35.9 Å². The molecule has 1 nitrogen and oxygen atoms in total. The summed E-state index contributed by atoms with van der Waals surface area (Å²) < 4.78 is 0. The van der Waals surface area contributed by atoms with E-state index < -0.39 is 0 Å². The molecule has 14 heavy (non-hydrogen) atoms. The number of anilines is 1. The van der Waals surface area contributed by atoms with E-state index in [1.807, 2.05) is 12.1 Å². The molecule has 0 heterocycles. The molecular formula is C13H17N. The maximum Gasteiger partial charge on any atom is 0.0349 e. The van der Waals surface area contributed by atoms with E-state index in [4.69, 9.17) is 5.73 Å². The molecule has 1 heteroatoms. The van der Waals surface area contributed by atoms with Crippen molar-refractivity contribution < 1.29 is 0 Å². The fraction of sp³-hybridized carbons (Fsp3) is 0.385. The Kier molecular flexibility index (Phi) is 2.87. The van der Waals surface area contributed by atoms with Crippen LogP contribution in [-0.4, -0.2) is 0 Å². The minimum absolute atomic E-state index is 0.919. The predicted molar refractivity (Wildman–Crippen MR) is 61.1 cm³/mol. The normalized spacial score (nSPS) is 15.9. The van der Waals surface area contributed by atoms with Gasteiger partial charge in [0.05, 0.1) is 0 Å². The number of nitrogens with two attached hydrogens (primary N) is 1. The van der Waals surface area contributed by atoms with Gasteiger partial charge < -0.3 is 5.73 Å². The molecule has 0 amide bonds. The lowest BCUT2D eigenvalue weighted by Crippen LogP contribution is -1.92. The highest BCUT2D eigenvalue weighted by atomic mass is 14.6. The van der Waals surface area contributed by atoms with Crippen LogP contribution >= 0.6 is 0 Å². The van der Waals surface area contributed by atoms with Crippen molar-refractivity contribution in [3.63, 3.8) is 0 Å². The second kappa shape index (κ2) is 4.32. The molecule has 0 spiro atoms. The third-order valence-electron chi connectivity index (χ3n) is 2.91. The van der Waals surface area contributed by atoms with Gasteiger partial charge >= 0.3 is 0 Å². The Morgan fingerprint density at radius 1 is 1.14 bits per heavy atom. The molecule has 2 rings (SSSR count). The molecule has 0 saturated heterocycles. The van der Waals surface area contributed by atoms with E-state index >= 15 is 0 Å².